The number of nitrogens with one attached hydrogen (secondary N) is 2. The SMILES string of the molecule is COc1ccc(CCC(=O)NCCCC(=O)Nc2ccc(Cl)cc2)cc1Cl. The van der Waals surface area contributed by atoms with E-state index in [2.05, 4.69) is 10.6 Å². The molecule has 7 heteroatoms. The lowest BCUT2D eigenvalue weighted by Crippen LogP contribution is -2.25. The number of benzene rings is 2. The van der Waals surface area contributed by atoms with Gasteiger partial charge in [-0.05, 0) is 54.8 Å². The number of rotatable bonds is 9. The minimum absolute atomic E-state index is 0.0555. The molecule has 0 aliphatic carbocycles. The van der Waals surface area contributed by atoms with E-state index in [1.807, 2.05) is 6.07 Å². The maximum Gasteiger partial charge on any atom is 0.224 e. The molecule has 0 saturated heterocycles. The predicted molar refractivity (Wildman–Crippen MR) is 109 cm³/mol. The lowest BCUT2D eigenvalue weighted by Gasteiger charge is -2.08. The van der Waals surface area contributed by atoms with Crippen LogP contribution in [-0.2, 0) is 16.0 Å². The number of halogens is 2. The summed E-state index contributed by atoms with van der Waals surface area (Å²) in [6, 6.07) is 12.4. The van der Waals surface area contributed by atoms with Gasteiger partial charge in [0.2, 0.25) is 11.8 Å². The third kappa shape index (κ3) is 7.49. The van der Waals surface area contributed by atoms with Crippen LogP contribution < -0.4 is 15.4 Å². The highest BCUT2D eigenvalue weighted by Crippen LogP contribution is 2.25. The van der Waals surface area contributed by atoms with Crippen molar-refractivity contribution in [2.45, 2.75) is 25.7 Å². The number of hydrogen-bond donors (Lipinski definition) is 2. The lowest BCUT2D eigenvalue weighted by atomic mass is 10.1. The molecule has 2 aromatic carbocycles. The second-order valence-electron chi connectivity index (χ2n) is 5.98. The summed E-state index contributed by atoms with van der Waals surface area (Å²) >= 11 is 11.9. The van der Waals surface area contributed by atoms with E-state index in [4.69, 9.17) is 27.9 Å². The molecule has 0 spiro atoms. The normalized spacial score (nSPS) is 10.3. The van der Waals surface area contributed by atoms with Crippen molar-refractivity contribution < 1.29 is 14.3 Å². The van der Waals surface area contributed by atoms with Gasteiger partial charge in [0.1, 0.15) is 5.75 Å². The molecular formula is C20H22Cl2N2O3. The summed E-state index contributed by atoms with van der Waals surface area (Å²) < 4.78 is 5.10. The number of aryl methyl sites for hydroxylation is 1. The zero-order chi connectivity index (χ0) is 19.6. The first-order valence-corrected chi connectivity index (χ1v) is 9.38. The van der Waals surface area contributed by atoms with Gasteiger partial charge in [0.05, 0.1) is 12.1 Å². The Morgan fingerprint density at radius 3 is 2.41 bits per heavy atom. The highest BCUT2D eigenvalue weighted by Gasteiger charge is 2.06. The average molecular weight is 409 g/mol. The third-order valence-electron chi connectivity index (χ3n) is 3.89. The number of methoxy groups -OCH3 is 1. The molecule has 0 fully saturated rings. The Bertz CT molecular complexity index is 779. The number of amides is 2. The van der Waals surface area contributed by atoms with Crippen LogP contribution in [0.3, 0.4) is 0 Å². The smallest absolute Gasteiger partial charge is 0.224 e. The van der Waals surface area contributed by atoms with Crippen molar-refractivity contribution in [2.75, 3.05) is 19.0 Å². The monoisotopic (exact) mass is 408 g/mol. The van der Waals surface area contributed by atoms with Gasteiger partial charge >= 0.3 is 0 Å². The maximum atomic E-state index is 11.9. The average Bonchev–Trinajstić information content (AvgIpc) is 2.65. The van der Waals surface area contributed by atoms with Gasteiger partial charge in [0.15, 0.2) is 0 Å². The molecular weight excluding hydrogens is 387 g/mol. The fourth-order valence-corrected chi connectivity index (χ4v) is 2.85. The maximum absolute atomic E-state index is 11.9. The van der Waals surface area contributed by atoms with Crippen LogP contribution in [0.5, 0.6) is 5.75 Å². The number of carbonyl (C=O) groups excluding carboxylic acids is 2. The molecule has 0 heterocycles. The van der Waals surface area contributed by atoms with Gasteiger partial charge < -0.3 is 15.4 Å². The van der Waals surface area contributed by atoms with Crippen molar-refractivity contribution in [3.63, 3.8) is 0 Å². The van der Waals surface area contributed by atoms with Crippen LogP contribution in [0.15, 0.2) is 42.5 Å². The minimum atomic E-state index is -0.0977. The van der Waals surface area contributed by atoms with Crippen LogP contribution in [0.2, 0.25) is 10.0 Å². The molecule has 2 amide bonds. The highest BCUT2D eigenvalue weighted by atomic mass is 35.5. The molecule has 2 N–H and O–H groups in total. The molecule has 2 rings (SSSR count). The topological polar surface area (TPSA) is 67.4 Å². The van der Waals surface area contributed by atoms with Crippen molar-refractivity contribution in [2.24, 2.45) is 0 Å². The first-order chi connectivity index (χ1) is 13.0. The molecule has 0 bridgehead atoms. The molecule has 0 atom stereocenters. The fourth-order valence-electron chi connectivity index (χ4n) is 2.45. The minimum Gasteiger partial charge on any atom is -0.495 e. The summed E-state index contributed by atoms with van der Waals surface area (Å²) in [6.45, 7) is 0.455. The lowest BCUT2D eigenvalue weighted by molar-refractivity contribution is -0.121. The zero-order valence-corrected chi connectivity index (χ0v) is 16.6. The van der Waals surface area contributed by atoms with Gasteiger partial charge in [-0.25, -0.2) is 0 Å². The molecule has 0 aliphatic heterocycles. The Kier molecular flexibility index (Phi) is 8.43. The van der Waals surface area contributed by atoms with Crippen molar-refractivity contribution in [3.8, 4) is 5.75 Å². The van der Waals surface area contributed by atoms with Crippen molar-refractivity contribution >= 4 is 40.7 Å². The second kappa shape index (κ2) is 10.8. The Hall–Kier alpha value is -2.24. The molecule has 5 nitrogen and oxygen atoms in total. The van der Waals surface area contributed by atoms with Crippen LogP contribution in [0.1, 0.15) is 24.8 Å². The summed E-state index contributed by atoms with van der Waals surface area (Å²) in [5.74, 6) is 0.459. The van der Waals surface area contributed by atoms with Gasteiger partial charge in [-0.1, -0.05) is 29.3 Å². The number of ether oxygens (including phenoxy) is 1. The Balaban J connectivity index is 1.62. The Labute approximate surface area is 169 Å². The summed E-state index contributed by atoms with van der Waals surface area (Å²) in [7, 11) is 1.56. The molecule has 0 unspecified atom stereocenters. The van der Waals surface area contributed by atoms with Gasteiger partial charge in [0.25, 0.3) is 0 Å². The van der Waals surface area contributed by atoms with Gasteiger partial charge in [-0.15, -0.1) is 0 Å². The first kappa shape index (κ1) is 21.1. The van der Waals surface area contributed by atoms with Crippen molar-refractivity contribution in [1.29, 1.82) is 0 Å². The Morgan fingerprint density at radius 2 is 1.74 bits per heavy atom. The van der Waals surface area contributed by atoms with Crippen LogP contribution in [-0.4, -0.2) is 25.5 Å². The standard InChI is InChI=1S/C20H22Cl2N2O3/c1-27-18-10-4-14(13-17(18)22)5-11-19(25)23-12-2-3-20(26)24-16-8-6-15(21)7-9-16/h4,6-10,13H,2-3,5,11-12H2,1H3,(H,23,25)(H,24,26). The van der Waals surface area contributed by atoms with Crippen LogP contribution >= 0.6 is 23.2 Å². The number of carbonyl (C=O) groups is 2. The van der Waals surface area contributed by atoms with Crippen molar-refractivity contribution in [1.82, 2.24) is 5.32 Å². The highest BCUT2D eigenvalue weighted by molar-refractivity contribution is 6.32. The molecule has 144 valence electrons. The van der Waals surface area contributed by atoms with Crippen LogP contribution in [0.25, 0.3) is 0 Å². The van der Waals surface area contributed by atoms with Gasteiger partial charge in [-0.2, -0.15) is 0 Å². The molecule has 0 aromatic heterocycles. The van der Waals surface area contributed by atoms with Gasteiger partial charge in [-0.3, -0.25) is 9.59 Å². The second-order valence-corrected chi connectivity index (χ2v) is 6.82. The first-order valence-electron chi connectivity index (χ1n) is 8.62. The van der Waals surface area contributed by atoms with E-state index < -0.39 is 0 Å². The van der Waals surface area contributed by atoms with Crippen LogP contribution in [0.4, 0.5) is 5.69 Å². The van der Waals surface area contributed by atoms with Crippen molar-refractivity contribution in [3.05, 3.63) is 58.1 Å². The largest absolute Gasteiger partial charge is 0.495 e. The predicted octanol–water partition coefficient (Wildman–Crippen LogP) is 4.47. The Morgan fingerprint density at radius 1 is 1.00 bits per heavy atom. The van der Waals surface area contributed by atoms with Gasteiger partial charge in [0, 0.05) is 30.1 Å². The summed E-state index contributed by atoms with van der Waals surface area (Å²) in [4.78, 5) is 23.8. The fraction of sp³-hybridized carbons (Fsp3) is 0.300. The molecule has 0 radical (unpaired) electrons. The summed E-state index contributed by atoms with van der Waals surface area (Å²) in [5, 5.41) is 6.76. The number of hydrogen-bond acceptors (Lipinski definition) is 3. The third-order valence-corrected chi connectivity index (χ3v) is 4.44. The molecule has 27 heavy (non-hydrogen) atoms. The summed E-state index contributed by atoms with van der Waals surface area (Å²) in [5.41, 5.74) is 1.67. The molecule has 0 aliphatic rings. The summed E-state index contributed by atoms with van der Waals surface area (Å²) in [6.07, 6.45) is 1.85. The van der Waals surface area contributed by atoms with E-state index >= 15 is 0 Å². The van der Waals surface area contributed by atoms with E-state index in [1.54, 1.807) is 43.5 Å². The van der Waals surface area contributed by atoms with Crippen LogP contribution in [0, 0.1) is 0 Å². The van der Waals surface area contributed by atoms with E-state index in [0.29, 0.717) is 53.7 Å². The number of anilines is 1. The van der Waals surface area contributed by atoms with E-state index in [1.165, 1.54) is 0 Å². The van der Waals surface area contributed by atoms with E-state index in [-0.39, 0.29) is 11.8 Å². The quantitative estimate of drug-likeness (QED) is 0.601. The van der Waals surface area contributed by atoms with E-state index in [9.17, 15) is 9.59 Å². The van der Waals surface area contributed by atoms with E-state index in [0.717, 1.165) is 5.56 Å². The molecule has 2 aromatic rings. The molecule has 0 saturated carbocycles. The zero-order valence-electron chi connectivity index (χ0n) is 15.1.